The molecule has 4 heteroatoms. The lowest BCUT2D eigenvalue weighted by molar-refractivity contribution is -0.115. The van der Waals surface area contributed by atoms with Gasteiger partial charge in [-0.15, -0.1) is 0 Å². The van der Waals surface area contributed by atoms with E-state index in [2.05, 4.69) is 25.8 Å². The Morgan fingerprint density at radius 2 is 2.12 bits per heavy atom. The van der Waals surface area contributed by atoms with Gasteiger partial charge in [-0.25, -0.2) is 0 Å². The van der Waals surface area contributed by atoms with Crippen LogP contribution in [0.4, 0.5) is 0 Å². The number of ether oxygens (including phenoxy) is 2. The zero-order chi connectivity index (χ0) is 12.9. The molecule has 2 N–H and O–H groups in total. The predicted molar refractivity (Wildman–Crippen MR) is 70.2 cm³/mol. The van der Waals surface area contributed by atoms with Gasteiger partial charge in [0.15, 0.2) is 0 Å². The van der Waals surface area contributed by atoms with E-state index < -0.39 is 0 Å². The fourth-order valence-electron chi connectivity index (χ4n) is 2.69. The summed E-state index contributed by atoms with van der Waals surface area (Å²) in [5.41, 5.74) is 6.02. The van der Waals surface area contributed by atoms with E-state index in [-0.39, 0.29) is 11.1 Å². The highest BCUT2D eigenvalue weighted by atomic mass is 16.5. The Balaban J connectivity index is 2.60. The van der Waals surface area contributed by atoms with Crippen molar-refractivity contribution < 1.29 is 9.47 Å². The van der Waals surface area contributed by atoms with Crippen LogP contribution in [0.3, 0.4) is 0 Å². The first kappa shape index (κ1) is 14.9. The lowest BCUT2D eigenvalue weighted by Crippen LogP contribution is -2.59. The minimum atomic E-state index is -0.0719. The summed E-state index contributed by atoms with van der Waals surface area (Å²) in [6, 6.07) is 0. The molecule has 1 atom stereocenters. The molecule has 0 radical (unpaired) electrons. The van der Waals surface area contributed by atoms with E-state index >= 15 is 0 Å². The molecule has 1 fully saturated rings. The van der Waals surface area contributed by atoms with E-state index in [9.17, 15) is 0 Å². The summed E-state index contributed by atoms with van der Waals surface area (Å²) >= 11 is 0. The van der Waals surface area contributed by atoms with Gasteiger partial charge in [-0.05, 0) is 40.7 Å². The smallest absolute Gasteiger partial charge is 0.0644 e. The molecule has 1 rings (SSSR count). The molecule has 0 aromatic rings. The largest absolute Gasteiger partial charge is 0.380 e. The molecule has 0 aromatic carbocycles. The summed E-state index contributed by atoms with van der Waals surface area (Å²) < 4.78 is 11.2. The Morgan fingerprint density at radius 1 is 1.41 bits per heavy atom. The zero-order valence-electron chi connectivity index (χ0n) is 11.8. The number of nitrogens with zero attached hydrogens (tertiary/aromatic N) is 1. The summed E-state index contributed by atoms with van der Waals surface area (Å²) in [5, 5.41) is 0. The van der Waals surface area contributed by atoms with Crippen molar-refractivity contribution in [2.75, 3.05) is 40.0 Å². The summed E-state index contributed by atoms with van der Waals surface area (Å²) in [5.74, 6) is 0. The van der Waals surface area contributed by atoms with Gasteiger partial charge in [0.1, 0.15) is 0 Å². The highest BCUT2D eigenvalue weighted by molar-refractivity contribution is 4.98. The molecule has 17 heavy (non-hydrogen) atoms. The number of hydrogen-bond donors (Lipinski definition) is 1. The van der Waals surface area contributed by atoms with Crippen molar-refractivity contribution in [3.8, 4) is 0 Å². The standard InChI is InChI=1S/C13H28N2O2/c1-5-16-9-7-15(4)13(11-14)6-8-17-12(2,3)10-13/h5-11,14H2,1-4H3. The van der Waals surface area contributed by atoms with Gasteiger partial charge in [0.2, 0.25) is 0 Å². The second-order valence-corrected chi connectivity index (χ2v) is 5.58. The number of likely N-dealkylation sites (N-methyl/N-ethyl adjacent to an activating group) is 1. The van der Waals surface area contributed by atoms with Gasteiger partial charge < -0.3 is 15.2 Å². The predicted octanol–water partition coefficient (Wildman–Crippen LogP) is 1.24. The fourth-order valence-corrected chi connectivity index (χ4v) is 2.69. The third-order valence-corrected chi connectivity index (χ3v) is 3.78. The highest BCUT2D eigenvalue weighted by Crippen LogP contribution is 2.34. The quantitative estimate of drug-likeness (QED) is 0.714. The Kier molecular flexibility index (Phi) is 5.38. The summed E-state index contributed by atoms with van der Waals surface area (Å²) in [4.78, 5) is 2.35. The lowest BCUT2D eigenvalue weighted by atomic mass is 9.80. The van der Waals surface area contributed by atoms with Gasteiger partial charge >= 0.3 is 0 Å². The van der Waals surface area contributed by atoms with E-state index in [1.54, 1.807) is 0 Å². The Hall–Kier alpha value is -0.160. The minimum Gasteiger partial charge on any atom is -0.380 e. The average molecular weight is 244 g/mol. The Labute approximate surface area is 105 Å². The van der Waals surface area contributed by atoms with Crippen LogP contribution in [0.1, 0.15) is 33.6 Å². The molecular weight excluding hydrogens is 216 g/mol. The monoisotopic (exact) mass is 244 g/mol. The first-order valence-corrected chi connectivity index (χ1v) is 6.59. The molecule has 0 bridgehead atoms. The normalized spacial score (nSPS) is 28.6. The van der Waals surface area contributed by atoms with Gasteiger partial charge in [-0.3, -0.25) is 4.90 Å². The van der Waals surface area contributed by atoms with E-state index in [4.69, 9.17) is 15.2 Å². The van der Waals surface area contributed by atoms with Gasteiger partial charge in [-0.1, -0.05) is 0 Å². The SMILES string of the molecule is CCOCCN(C)C1(CN)CCOC(C)(C)C1. The van der Waals surface area contributed by atoms with Crippen molar-refractivity contribution in [1.29, 1.82) is 0 Å². The number of hydrogen-bond acceptors (Lipinski definition) is 4. The maximum absolute atomic E-state index is 6.03. The van der Waals surface area contributed by atoms with Crippen molar-refractivity contribution in [2.24, 2.45) is 5.73 Å². The van der Waals surface area contributed by atoms with Crippen molar-refractivity contribution in [3.63, 3.8) is 0 Å². The van der Waals surface area contributed by atoms with Crippen LogP contribution < -0.4 is 5.73 Å². The maximum atomic E-state index is 6.03. The molecule has 102 valence electrons. The molecule has 1 saturated heterocycles. The fraction of sp³-hybridized carbons (Fsp3) is 1.00. The average Bonchev–Trinajstić information content (AvgIpc) is 2.27. The van der Waals surface area contributed by atoms with Crippen LogP contribution in [-0.2, 0) is 9.47 Å². The number of rotatable bonds is 6. The van der Waals surface area contributed by atoms with Crippen LogP contribution in [0.15, 0.2) is 0 Å². The van der Waals surface area contributed by atoms with Crippen LogP contribution in [0.5, 0.6) is 0 Å². The van der Waals surface area contributed by atoms with Crippen molar-refractivity contribution in [2.45, 2.75) is 44.8 Å². The summed E-state index contributed by atoms with van der Waals surface area (Å²) in [6.07, 6.45) is 1.99. The molecule has 0 amide bonds. The van der Waals surface area contributed by atoms with Gasteiger partial charge in [0, 0.05) is 31.8 Å². The van der Waals surface area contributed by atoms with Crippen LogP contribution in [0, 0.1) is 0 Å². The molecular formula is C13H28N2O2. The Bertz CT molecular complexity index is 233. The van der Waals surface area contributed by atoms with Gasteiger partial charge in [0.05, 0.1) is 12.2 Å². The molecule has 0 spiro atoms. The minimum absolute atomic E-state index is 0.0683. The van der Waals surface area contributed by atoms with E-state index in [0.29, 0.717) is 6.54 Å². The first-order valence-electron chi connectivity index (χ1n) is 6.59. The first-order chi connectivity index (χ1) is 7.96. The van der Waals surface area contributed by atoms with Gasteiger partial charge in [-0.2, -0.15) is 0 Å². The molecule has 0 saturated carbocycles. The van der Waals surface area contributed by atoms with E-state index in [1.807, 2.05) is 6.92 Å². The van der Waals surface area contributed by atoms with E-state index in [0.717, 1.165) is 39.2 Å². The van der Waals surface area contributed by atoms with Crippen LogP contribution in [0.2, 0.25) is 0 Å². The lowest BCUT2D eigenvalue weighted by Gasteiger charge is -2.49. The van der Waals surface area contributed by atoms with Crippen LogP contribution >= 0.6 is 0 Å². The molecule has 1 unspecified atom stereocenters. The molecule has 1 heterocycles. The molecule has 4 nitrogen and oxygen atoms in total. The van der Waals surface area contributed by atoms with Crippen LogP contribution in [-0.4, -0.2) is 56.0 Å². The second kappa shape index (κ2) is 6.14. The van der Waals surface area contributed by atoms with Crippen molar-refractivity contribution >= 4 is 0 Å². The maximum Gasteiger partial charge on any atom is 0.0644 e. The van der Waals surface area contributed by atoms with Gasteiger partial charge in [0.25, 0.3) is 0 Å². The summed E-state index contributed by atoms with van der Waals surface area (Å²) in [6.45, 7) is 10.3. The van der Waals surface area contributed by atoms with Crippen molar-refractivity contribution in [1.82, 2.24) is 4.90 Å². The topological polar surface area (TPSA) is 47.7 Å². The highest BCUT2D eigenvalue weighted by Gasteiger charge is 2.42. The summed E-state index contributed by atoms with van der Waals surface area (Å²) in [7, 11) is 2.15. The molecule has 0 aliphatic carbocycles. The molecule has 1 aliphatic heterocycles. The van der Waals surface area contributed by atoms with Crippen LogP contribution in [0.25, 0.3) is 0 Å². The van der Waals surface area contributed by atoms with Crippen molar-refractivity contribution in [3.05, 3.63) is 0 Å². The Morgan fingerprint density at radius 3 is 2.65 bits per heavy atom. The number of nitrogens with two attached hydrogens (primary N) is 1. The molecule has 1 aliphatic rings. The third kappa shape index (κ3) is 3.91. The zero-order valence-corrected chi connectivity index (χ0v) is 11.8. The van der Waals surface area contributed by atoms with E-state index in [1.165, 1.54) is 0 Å². The third-order valence-electron chi connectivity index (χ3n) is 3.78. The second-order valence-electron chi connectivity index (χ2n) is 5.58. The molecule has 0 aromatic heterocycles.